The van der Waals surface area contributed by atoms with Gasteiger partial charge in [-0.25, -0.2) is 9.97 Å². The molecule has 2 rings (SSSR count). The number of nitrogens with zero attached hydrogens (tertiary/aromatic N) is 2. The highest BCUT2D eigenvalue weighted by molar-refractivity contribution is 6.90. The van der Waals surface area contributed by atoms with Gasteiger partial charge in [0.15, 0.2) is 0 Å². The van der Waals surface area contributed by atoms with Crippen LogP contribution < -0.4 is 5.73 Å². The van der Waals surface area contributed by atoms with E-state index < -0.39 is 8.07 Å². The summed E-state index contributed by atoms with van der Waals surface area (Å²) in [5, 5.41) is 0. The zero-order chi connectivity index (χ0) is 20.4. The van der Waals surface area contributed by atoms with Crippen molar-refractivity contribution in [2.24, 2.45) is 0 Å². The molecule has 0 fully saturated rings. The third-order valence-corrected chi connectivity index (χ3v) is 12.2. The Morgan fingerprint density at radius 2 is 1.52 bits per heavy atom. The van der Waals surface area contributed by atoms with Crippen LogP contribution in [0.15, 0.2) is 24.3 Å². The molecule has 3 nitrogen and oxygen atoms in total. The van der Waals surface area contributed by atoms with Crippen LogP contribution in [-0.2, 0) is 0 Å². The Morgan fingerprint density at radius 3 is 2.07 bits per heavy atom. The standard InChI is InChI=1S/C23H33N3Si/c1-15(2)27(16(3)4,17(5)6)13-12-20-14-22(26-23(24)25-20)21-11-9-10-18(7)19(21)8/h9-11,14-17H,1-8H3,(H2,24,25,26). The van der Waals surface area contributed by atoms with E-state index in [0.717, 1.165) is 17.0 Å². The maximum absolute atomic E-state index is 6.02. The topological polar surface area (TPSA) is 51.8 Å². The Labute approximate surface area is 165 Å². The number of hydrogen-bond donors (Lipinski definition) is 1. The summed E-state index contributed by atoms with van der Waals surface area (Å²) < 4.78 is 0. The van der Waals surface area contributed by atoms with Crippen molar-refractivity contribution in [1.29, 1.82) is 0 Å². The molecule has 0 saturated carbocycles. The van der Waals surface area contributed by atoms with E-state index in [-0.39, 0.29) is 5.95 Å². The fourth-order valence-corrected chi connectivity index (χ4v) is 9.51. The van der Waals surface area contributed by atoms with Gasteiger partial charge < -0.3 is 5.73 Å². The van der Waals surface area contributed by atoms with E-state index in [2.05, 4.69) is 95.0 Å². The van der Waals surface area contributed by atoms with Gasteiger partial charge in [0.25, 0.3) is 0 Å². The van der Waals surface area contributed by atoms with Crippen LogP contribution in [0.4, 0.5) is 5.95 Å². The molecule has 2 aromatic rings. The summed E-state index contributed by atoms with van der Waals surface area (Å²) in [4.78, 5) is 8.87. The largest absolute Gasteiger partial charge is 0.368 e. The van der Waals surface area contributed by atoms with Crippen LogP contribution in [0.1, 0.15) is 58.4 Å². The van der Waals surface area contributed by atoms with Crippen molar-refractivity contribution >= 4 is 14.0 Å². The highest BCUT2D eigenvalue weighted by Gasteiger charge is 2.41. The third kappa shape index (κ3) is 4.25. The van der Waals surface area contributed by atoms with Crippen molar-refractivity contribution < 1.29 is 0 Å². The maximum Gasteiger partial charge on any atom is 0.221 e. The Hall–Kier alpha value is -2.12. The average Bonchev–Trinajstić information content (AvgIpc) is 2.56. The molecule has 0 aliphatic rings. The fraction of sp³-hybridized carbons (Fsp3) is 0.478. The molecule has 0 spiro atoms. The molecular formula is C23H33N3Si. The molecule has 1 aromatic carbocycles. The lowest BCUT2D eigenvalue weighted by atomic mass is 10.0. The summed E-state index contributed by atoms with van der Waals surface area (Å²) in [6.07, 6.45) is 0. The van der Waals surface area contributed by atoms with Crippen molar-refractivity contribution in [2.45, 2.75) is 72.0 Å². The van der Waals surface area contributed by atoms with Crippen molar-refractivity contribution in [3.05, 3.63) is 41.1 Å². The number of aromatic nitrogens is 2. The van der Waals surface area contributed by atoms with E-state index in [1.165, 1.54) is 11.1 Å². The van der Waals surface area contributed by atoms with Crippen LogP contribution in [0.2, 0.25) is 16.6 Å². The monoisotopic (exact) mass is 379 g/mol. The van der Waals surface area contributed by atoms with Crippen molar-refractivity contribution in [3.8, 4) is 22.7 Å². The van der Waals surface area contributed by atoms with Crippen molar-refractivity contribution in [3.63, 3.8) is 0 Å². The van der Waals surface area contributed by atoms with Gasteiger partial charge in [-0.05, 0) is 47.7 Å². The van der Waals surface area contributed by atoms with Crippen LogP contribution in [0.5, 0.6) is 0 Å². The molecule has 2 N–H and O–H groups in total. The molecule has 0 aliphatic heterocycles. The zero-order valence-electron chi connectivity index (χ0n) is 18.0. The minimum Gasteiger partial charge on any atom is -0.368 e. The molecular weight excluding hydrogens is 346 g/mol. The minimum absolute atomic E-state index is 0.281. The summed E-state index contributed by atoms with van der Waals surface area (Å²) in [5.74, 6) is 3.68. The SMILES string of the molecule is Cc1cccc(-c2cc(C#C[Si](C(C)C)(C(C)C)C(C)C)nc(N)n2)c1C. The summed E-state index contributed by atoms with van der Waals surface area (Å²) >= 11 is 0. The van der Waals surface area contributed by atoms with Crippen LogP contribution in [0.25, 0.3) is 11.3 Å². The minimum atomic E-state index is -1.81. The van der Waals surface area contributed by atoms with Gasteiger partial charge in [-0.1, -0.05) is 65.7 Å². The molecule has 4 heteroatoms. The number of rotatable bonds is 4. The number of aryl methyl sites for hydroxylation is 1. The predicted molar refractivity (Wildman–Crippen MR) is 119 cm³/mol. The highest BCUT2D eigenvalue weighted by Crippen LogP contribution is 2.40. The first-order valence-corrected chi connectivity index (χ1v) is 12.1. The number of anilines is 1. The zero-order valence-corrected chi connectivity index (χ0v) is 19.0. The molecule has 0 atom stereocenters. The molecule has 144 valence electrons. The summed E-state index contributed by atoms with van der Waals surface area (Å²) in [5.41, 5.74) is 16.6. The first kappa shape index (κ1) is 21.2. The second kappa shape index (κ2) is 8.27. The first-order valence-electron chi connectivity index (χ1n) is 9.83. The van der Waals surface area contributed by atoms with Crippen molar-refractivity contribution in [2.75, 3.05) is 5.73 Å². The summed E-state index contributed by atoms with van der Waals surface area (Å²) in [6.45, 7) is 18.1. The quantitative estimate of drug-likeness (QED) is 0.530. The van der Waals surface area contributed by atoms with Crippen LogP contribution in [0, 0.1) is 25.3 Å². The molecule has 0 radical (unpaired) electrons. The van der Waals surface area contributed by atoms with Gasteiger partial charge in [0.2, 0.25) is 5.95 Å². The molecule has 1 aromatic heterocycles. The Morgan fingerprint density at radius 1 is 0.926 bits per heavy atom. The molecule has 1 heterocycles. The second-order valence-electron chi connectivity index (χ2n) is 8.39. The van der Waals surface area contributed by atoms with Crippen LogP contribution >= 0.6 is 0 Å². The lowest BCUT2D eigenvalue weighted by Gasteiger charge is -2.38. The van der Waals surface area contributed by atoms with Gasteiger partial charge in [-0.2, -0.15) is 0 Å². The van der Waals surface area contributed by atoms with E-state index in [9.17, 15) is 0 Å². The fourth-order valence-electron chi connectivity index (χ4n) is 4.30. The Bertz CT molecular complexity index is 851. The number of nitrogens with two attached hydrogens (primary N) is 1. The third-order valence-electron chi connectivity index (χ3n) is 5.90. The first-order chi connectivity index (χ1) is 12.6. The van der Waals surface area contributed by atoms with Crippen LogP contribution in [-0.4, -0.2) is 18.0 Å². The van der Waals surface area contributed by atoms with E-state index in [0.29, 0.717) is 16.6 Å². The number of hydrogen-bond acceptors (Lipinski definition) is 3. The van der Waals surface area contributed by atoms with Gasteiger partial charge in [-0.15, -0.1) is 5.54 Å². The summed E-state index contributed by atoms with van der Waals surface area (Å²) in [7, 11) is -1.81. The number of benzene rings is 1. The normalized spacial score (nSPS) is 11.8. The van der Waals surface area contributed by atoms with Gasteiger partial charge in [0, 0.05) is 5.56 Å². The molecule has 0 saturated heterocycles. The lowest BCUT2D eigenvalue weighted by molar-refractivity contribution is 0.838. The lowest BCUT2D eigenvalue weighted by Crippen LogP contribution is -2.43. The smallest absolute Gasteiger partial charge is 0.221 e. The van der Waals surface area contributed by atoms with Gasteiger partial charge in [0.05, 0.1) is 5.69 Å². The Kier molecular flexibility index (Phi) is 6.49. The molecule has 0 bridgehead atoms. The second-order valence-corrected chi connectivity index (χ2v) is 14.0. The van der Waals surface area contributed by atoms with Gasteiger partial charge >= 0.3 is 0 Å². The van der Waals surface area contributed by atoms with E-state index in [4.69, 9.17) is 5.73 Å². The summed E-state index contributed by atoms with van der Waals surface area (Å²) in [6, 6.07) is 8.22. The Balaban J connectivity index is 2.58. The van der Waals surface area contributed by atoms with Crippen LogP contribution in [0.3, 0.4) is 0 Å². The average molecular weight is 380 g/mol. The maximum atomic E-state index is 6.02. The van der Waals surface area contributed by atoms with Gasteiger partial charge in [0.1, 0.15) is 13.8 Å². The molecule has 27 heavy (non-hydrogen) atoms. The van der Waals surface area contributed by atoms with Crippen molar-refractivity contribution in [1.82, 2.24) is 9.97 Å². The van der Waals surface area contributed by atoms with E-state index >= 15 is 0 Å². The van der Waals surface area contributed by atoms with E-state index in [1.54, 1.807) is 0 Å². The number of nitrogen functional groups attached to an aromatic ring is 1. The van der Waals surface area contributed by atoms with Gasteiger partial charge in [-0.3, -0.25) is 0 Å². The molecule has 0 unspecified atom stereocenters. The van der Waals surface area contributed by atoms with E-state index in [1.807, 2.05) is 6.07 Å². The molecule has 0 amide bonds. The molecule has 0 aliphatic carbocycles. The highest BCUT2D eigenvalue weighted by atomic mass is 28.3. The predicted octanol–water partition coefficient (Wildman–Crippen LogP) is 5.91.